The first-order chi connectivity index (χ1) is 8.11. The SMILES string of the molecule is COc1c(Br)cc(-c2ccc(=O)[nH]n2)cc1Br. The summed E-state index contributed by atoms with van der Waals surface area (Å²) in [6.07, 6.45) is 0. The minimum Gasteiger partial charge on any atom is -0.494 e. The molecule has 0 spiro atoms. The first-order valence-electron chi connectivity index (χ1n) is 4.71. The van der Waals surface area contributed by atoms with Gasteiger partial charge in [-0.15, -0.1) is 0 Å². The summed E-state index contributed by atoms with van der Waals surface area (Å²) in [5.41, 5.74) is 1.34. The number of aromatic amines is 1. The van der Waals surface area contributed by atoms with E-state index in [1.165, 1.54) is 6.07 Å². The van der Waals surface area contributed by atoms with Gasteiger partial charge in [0.05, 0.1) is 21.7 Å². The molecule has 0 aliphatic heterocycles. The van der Waals surface area contributed by atoms with Crippen molar-refractivity contribution in [1.29, 1.82) is 0 Å². The Bertz CT molecular complexity index is 567. The molecule has 0 saturated carbocycles. The molecule has 0 atom stereocenters. The molecule has 1 N–H and O–H groups in total. The van der Waals surface area contributed by atoms with Crippen molar-refractivity contribution < 1.29 is 4.74 Å². The number of halogens is 2. The van der Waals surface area contributed by atoms with E-state index in [0.29, 0.717) is 5.69 Å². The van der Waals surface area contributed by atoms with E-state index in [0.717, 1.165) is 20.3 Å². The predicted molar refractivity (Wildman–Crippen MR) is 72.2 cm³/mol. The quantitative estimate of drug-likeness (QED) is 0.896. The van der Waals surface area contributed by atoms with Crippen molar-refractivity contribution in [1.82, 2.24) is 10.2 Å². The molecule has 0 saturated heterocycles. The summed E-state index contributed by atoms with van der Waals surface area (Å²) >= 11 is 6.83. The van der Waals surface area contributed by atoms with Crippen molar-refractivity contribution in [3.63, 3.8) is 0 Å². The highest BCUT2D eigenvalue weighted by molar-refractivity contribution is 9.11. The highest BCUT2D eigenvalue weighted by Crippen LogP contribution is 2.36. The van der Waals surface area contributed by atoms with Crippen LogP contribution in [0.2, 0.25) is 0 Å². The zero-order chi connectivity index (χ0) is 12.4. The largest absolute Gasteiger partial charge is 0.494 e. The van der Waals surface area contributed by atoms with Crippen LogP contribution in [-0.4, -0.2) is 17.3 Å². The van der Waals surface area contributed by atoms with Crippen molar-refractivity contribution in [2.45, 2.75) is 0 Å². The van der Waals surface area contributed by atoms with Gasteiger partial charge in [0.15, 0.2) is 0 Å². The lowest BCUT2D eigenvalue weighted by molar-refractivity contribution is 0.409. The number of aromatic nitrogens is 2. The van der Waals surface area contributed by atoms with Crippen LogP contribution in [0.3, 0.4) is 0 Å². The van der Waals surface area contributed by atoms with Crippen molar-refractivity contribution in [2.24, 2.45) is 0 Å². The van der Waals surface area contributed by atoms with Gasteiger partial charge in [0, 0.05) is 11.6 Å². The van der Waals surface area contributed by atoms with Gasteiger partial charge >= 0.3 is 0 Å². The number of methoxy groups -OCH3 is 1. The second-order valence-corrected chi connectivity index (χ2v) is 4.99. The van der Waals surface area contributed by atoms with Crippen LogP contribution in [0.5, 0.6) is 5.75 Å². The lowest BCUT2D eigenvalue weighted by atomic mass is 10.1. The summed E-state index contributed by atoms with van der Waals surface area (Å²) in [6.45, 7) is 0. The Kier molecular flexibility index (Phi) is 3.63. The number of rotatable bonds is 2. The van der Waals surface area contributed by atoms with Crippen LogP contribution in [0, 0.1) is 0 Å². The van der Waals surface area contributed by atoms with E-state index in [9.17, 15) is 4.79 Å². The molecule has 1 heterocycles. The summed E-state index contributed by atoms with van der Waals surface area (Å²) < 4.78 is 6.85. The molecule has 6 heteroatoms. The molecule has 1 aromatic carbocycles. The van der Waals surface area contributed by atoms with E-state index < -0.39 is 0 Å². The van der Waals surface area contributed by atoms with Gasteiger partial charge < -0.3 is 4.74 Å². The minimum absolute atomic E-state index is 0.222. The number of nitrogens with zero attached hydrogens (tertiary/aromatic N) is 1. The molecule has 2 rings (SSSR count). The van der Waals surface area contributed by atoms with E-state index >= 15 is 0 Å². The second kappa shape index (κ2) is 5.01. The van der Waals surface area contributed by atoms with Gasteiger partial charge in [0.2, 0.25) is 0 Å². The molecule has 17 heavy (non-hydrogen) atoms. The van der Waals surface area contributed by atoms with Gasteiger partial charge in [-0.1, -0.05) is 0 Å². The molecule has 0 aliphatic rings. The Morgan fingerprint density at radius 3 is 2.35 bits per heavy atom. The van der Waals surface area contributed by atoms with Crippen molar-refractivity contribution in [2.75, 3.05) is 7.11 Å². The first-order valence-corrected chi connectivity index (χ1v) is 6.29. The Hall–Kier alpha value is -1.14. The standard InChI is InChI=1S/C11H8Br2N2O2/c1-17-11-7(12)4-6(5-8(11)13)9-2-3-10(16)15-14-9/h2-5H,1H3,(H,15,16). The maximum absolute atomic E-state index is 10.9. The molecule has 0 bridgehead atoms. The summed E-state index contributed by atoms with van der Waals surface area (Å²) in [5, 5.41) is 6.36. The third-order valence-corrected chi connectivity index (χ3v) is 3.36. The lowest BCUT2D eigenvalue weighted by Crippen LogP contribution is -2.05. The van der Waals surface area contributed by atoms with Gasteiger partial charge in [-0.3, -0.25) is 4.79 Å². The monoisotopic (exact) mass is 358 g/mol. The van der Waals surface area contributed by atoms with E-state index in [1.54, 1.807) is 13.2 Å². The van der Waals surface area contributed by atoms with Crippen LogP contribution in [-0.2, 0) is 0 Å². The van der Waals surface area contributed by atoms with E-state index in [-0.39, 0.29) is 5.56 Å². The fourth-order valence-electron chi connectivity index (χ4n) is 1.41. The maximum Gasteiger partial charge on any atom is 0.264 e. The van der Waals surface area contributed by atoms with Crippen LogP contribution in [0.4, 0.5) is 0 Å². The number of hydrogen-bond donors (Lipinski definition) is 1. The summed E-state index contributed by atoms with van der Waals surface area (Å²) in [4.78, 5) is 10.9. The molecule has 0 radical (unpaired) electrons. The number of hydrogen-bond acceptors (Lipinski definition) is 3. The van der Waals surface area contributed by atoms with Gasteiger partial charge in [-0.25, -0.2) is 5.10 Å². The summed E-state index contributed by atoms with van der Waals surface area (Å²) in [6, 6.07) is 6.86. The fraction of sp³-hybridized carbons (Fsp3) is 0.0909. The zero-order valence-electron chi connectivity index (χ0n) is 8.83. The van der Waals surface area contributed by atoms with Crippen molar-refractivity contribution in [3.8, 4) is 17.0 Å². The zero-order valence-corrected chi connectivity index (χ0v) is 12.0. The first kappa shape index (κ1) is 12.3. The molecule has 4 nitrogen and oxygen atoms in total. The normalized spacial score (nSPS) is 10.3. The minimum atomic E-state index is -0.222. The third kappa shape index (κ3) is 2.58. The van der Waals surface area contributed by atoms with E-state index in [2.05, 4.69) is 42.1 Å². The van der Waals surface area contributed by atoms with Gasteiger partial charge in [-0.2, -0.15) is 5.10 Å². The average Bonchev–Trinajstić information content (AvgIpc) is 2.29. The number of nitrogens with one attached hydrogen (secondary N) is 1. The van der Waals surface area contributed by atoms with Crippen LogP contribution in [0.1, 0.15) is 0 Å². The second-order valence-electron chi connectivity index (χ2n) is 3.28. The topological polar surface area (TPSA) is 55.0 Å². The maximum atomic E-state index is 10.9. The Morgan fingerprint density at radius 2 is 1.88 bits per heavy atom. The van der Waals surface area contributed by atoms with E-state index in [4.69, 9.17) is 4.74 Å². The van der Waals surface area contributed by atoms with Crippen LogP contribution >= 0.6 is 31.9 Å². The number of H-pyrrole nitrogens is 1. The number of benzene rings is 1. The Labute approximate surface area is 114 Å². The number of ether oxygens (including phenoxy) is 1. The molecule has 1 aromatic heterocycles. The van der Waals surface area contributed by atoms with Crippen molar-refractivity contribution >= 4 is 31.9 Å². The molecule has 88 valence electrons. The third-order valence-electron chi connectivity index (χ3n) is 2.18. The molecular formula is C11H8Br2N2O2. The highest BCUT2D eigenvalue weighted by Gasteiger charge is 2.09. The van der Waals surface area contributed by atoms with Gasteiger partial charge in [0.25, 0.3) is 5.56 Å². The van der Waals surface area contributed by atoms with Gasteiger partial charge in [0.1, 0.15) is 5.75 Å². The Morgan fingerprint density at radius 1 is 1.24 bits per heavy atom. The van der Waals surface area contributed by atoms with Gasteiger partial charge in [-0.05, 0) is 50.1 Å². The van der Waals surface area contributed by atoms with Crippen LogP contribution in [0.25, 0.3) is 11.3 Å². The smallest absolute Gasteiger partial charge is 0.264 e. The molecule has 0 unspecified atom stereocenters. The predicted octanol–water partition coefficient (Wildman–Crippen LogP) is 2.97. The van der Waals surface area contributed by atoms with Crippen LogP contribution < -0.4 is 10.3 Å². The molecule has 2 aromatic rings. The van der Waals surface area contributed by atoms with E-state index in [1.807, 2.05) is 12.1 Å². The lowest BCUT2D eigenvalue weighted by Gasteiger charge is -2.08. The molecule has 0 fully saturated rings. The average molecular weight is 360 g/mol. The van der Waals surface area contributed by atoms with Crippen molar-refractivity contribution in [3.05, 3.63) is 43.6 Å². The fourth-order valence-corrected chi connectivity index (χ4v) is 2.92. The molecular weight excluding hydrogens is 352 g/mol. The van der Waals surface area contributed by atoms with Crippen LogP contribution in [0.15, 0.2) is 38.0 Å². The molecule has 0 amide bonds. The highest BCUT2D eigenvalue weighted by atomic mass is 79.9. The molecule has 0 aliphatic carbocycles. The summed E-state index contributed by atoms with van der Waals surface area (Å²) in [5.74, 6) is 0.721. The Balaban J connectivity index is 2.54. The summed E-state index contributed by atoms with van der Waals surface area (Å²) in [7, 11) is 1.60.